The number of oxazole rings is 1. The molecule has 0 aliphatic carbocycles. The van der Waals surface area contributed by atoms with Gasteiger partial charge < -0.3 is 9.32 Å². The summed E-state index contributed by atoms with van der Waals surface area (Å²) in [6.45, 7) is 5.23. The monoisotopic (exact) mass is 367 g/mol. The van der Waals surface area contributed by atoms with E-state index in [9.17, 15) is 18.0 Å². The average Bonchev–Trinajstić information content (AvgIpc) is 2.93. The molecule has 1 fully saturated rings. The van der Waals surface area contributed by atoms with E-state index < -0.39 is 15.8 Å². The molecule has 0 atom stereocenters. The van der Waals surface area contributed by atoms with Crippen molar-refractivity contribution in [2.45, 2.75) is 25.2 Å². The maximum Gasteiger partial charge on any atom is 0.417 e. The summed E-state index contributed by atoms with van der Waals surface area (Å²) in [5.41, 5.74) is 0.657. The maximum atomic E-state index is 12.8. The van der Waals surface area contributed by atoms with Crippen LogP contribution in [-0.2, 0) is 14.8 Å². The molecule has 3 rings (SSSR count). The van der Waals surface area contributed by atoms with Gasteiger partial charge in [0, 0.05) is 38.7 Å². The smallest absolute Gasteiger partial charge is 0.408 e. The lowest BCUT2D eigenvalue weighted by Gasteiger charge is -2.34. The molecule has 1 aromatic heterocycles. The van der Waals surface area contributed by atoms with E-state index in [4.69, 9.17) is 4.42 Å². The van der Waals surface area contributed by atoms with Gasteiger partial charge in [-0.05, 0) is 18.1 Å². The molecule has 8 nitrogen and oxygen atoms in total. The normalized spacial score (nSPS) is 16.7. The highest BCUT2D eigenvalue weighted by atomic mass is 32.2. The van der Waals surface area contributed by atoms with Crippen molar-refractivity contribution in [2.75, 3.05) is 26.2 Å². The second kappa shape index (κ2) is 6.64. The largest absolute Gasteiger partial charge is 0.417 e. The molecule has 0 saturated carbocycles. The topological polar surface area (TPSA) is 104 Å². The summed E-state index contributed by atoms with van der Waals surface area (Å²) in [4.78, 5) is 27.6. The van der Waals surface area contributed by atoms with Crippen LogP contribution in [0.1, 0.15) is 20.3 Å². The third-order valence-electron chi connectivity index (χ3n) is 4.20. The predicted molar refractivity (Wildman–Crippen MR) is 91.6 cm³/mol. The minimum atomic E-state index is -3.70. The molecular formula is C16H21N3O5S. The van der Waals surface area contributed by atoms with Gasteiger partial charge in [0.15, 0.2) is 5.58 Å². The molecule has 0 unspecified atom stereocenters. The van der Waals surface area contributed by atoms with E-state index in [1.165, 1.54) is 22.5 Å². The van der Waals surface area contributed by atoms with Gasteiger partial charge in [-0.1, -0.05) is 13.8 Å². The Morgan fingerprint density at radius 1 is 1.24 bits per heavy atom. The number of rotatable bonds is 4. The number of hydrogen-bond donors (Lipinski definition) is 1. The fourth-order valence-electron chi connectivity index (χ4n) is 2.89. The Morgan fingerprint density at radius 3 is 2.56 bits per heavy atom. The van der Waals surface area contributed by atoms with E-state index in [1.54, 1.807) is 4.90 Å². The van der Waals surface area contributed by atoms with Gasteiger partial charge in [-0.3, -0.25) is 9.78 Å². The molecular weight excluding hydrogens is 346 g/mol. The van der Waals surface area contributed by atoms with Gasteiger partial charge in [0.05, 0.1) is 10.4 Å². The summed E-state index contributed by atoms with van der Waals surface area (Å²) in [5, 5.41) is 0. The minimum Gasteiger partial charge on any atom is -0.408 e. The first-order valence-electron chi connectivity index (χ1n) is 8.18. The van der Waals surface area contributed by atoms with E-state index in [1.807, 2.05) is 13.8 Å². The highest BCUT2D eigenvalue weighted by molar-refractivity contribution is 7.89. The van der Waals surface area contributed by atoms with Crippen LogP contribution in [0.25, 0.3) is 11.1 Å². The van der Waals surface area contributed by atoms with E-state index in [-0.39, 0.29) is 35.4 Å². The van der Waals surface area contributed by atoms with Crippen molar-refractivity contribution in [1.82, 2.24) is 14.2 Å². The predicted octanol–water partition coefficient (Wildman–Crippen LogP) is 1.00. The van der Waals surface area contributed by atoms with Gasteiger partial charge >= 0.3 is 5.76 Å². The fourth-order valence-corrected chi connectivity index (χ4v) is 4.33. The first kappa shape index (κ1) is 17.7. The van der Waals surface area contributed by atoms with Gasteiger partial charge in [-0.2, -0.15) is 4.31 Å². The van der Waals surface area contributed by atoms with Crippen LogP contribution in [0.2, 0.25) is 0 Å². The minimum absolute atomic E-state index is 0.0579. The summed E-state index contributed by atoms with van der Waals surface area (Å²) < 4.78 is 31.9. The average molecular weight is 367 g/mol. The van der Waals surface area contributed by atoms with Crippen LogP contribution in [0.4, 0.5) is 0 Å². The summed E-state index contributed by atoms with van der Waals surface area (Å²) in [7, 11) is -3.70. The van der Waals surface area contributed by atoms with Gasteiger partial charge in [0.25, 0.3) is 0 Å². The van der Waals surface area contributed by atoms with Crippen molar-refractivity contribution in [3.05, 3.63) is 28.7 Å². The summed E-state index contributed by atoms with van der Waals surface area (Å²) in [6.07, 6.45) is 0.468. The van der Waals surface area contributed by atoms with Crippen molar-refractivity contribution >= 4 is 27.0 Å². The molecule has 136 valence electrons. The number of carbonyl (C=O) groups is 1. The lowest BCUT2D eigenvalue weighted by atomic mass is 10.1. The highest BCUT2D eigenvalue weighted by Crippen LogP contribution is 2.21. The number of nitrogens with one attached hydrogen (secondary N) is 1. The van der Waals surface area contributed by atoms with Gasteiger partial charge in [-0.15, -0.1) is 0 Å². The van der Waals surface area contributed by atoms with Crippen molar-refractivity contribution in [3.63, 3.8) is 0 Å². The van der Waals surface area contributed by atoms with Gasteiger partial charge in [-0.25, -0.2) is 13.2 Å². The van der Waals surface area contributed by atoms with Crippen LogP contribution < -0.4 is 5.76 Å². The molecule has 9 heteroatoms. The number of nitrogens with zero attached hydrogens (tertiary/aromatic N) is 2. The number of carbonyl (C=O) groups excluding carboxylic acids is 1. The molecule has 1 saturated heterocycles. The third kappa shape index (κ3) is 3.62. The van der Waals surface area contributed by atoms with Crippen LogP contribution in [0.3, 0.4) is 0 Å². The number of piperazine rings is 1. The number of sulfonamides is 1. The lowest BCUT2D eigenvalue weighted by molar-refractivity contribution is -0.133. The Kier molecular flexibility index (Phi) is 4.70. The van der Waals surface area contributed by atoms with Crippen molar-refractivity contribution in [1.29, 1.82) is 0 Å². The van der Waals surface area contributed by atoms with Crippen molar-refractivity contribution < 1.29 is 17.6 Å². The van der Waals surface area contributed by atoms with Gasteiger partial charge in [0.1, 0.15) is 0 Å². The zero-order valence-electron chi connectivity index (χ0n) is 14.2. The summed E-state index contributed by atoms with van der Waals surface area (Å²) >= 11 is 0. The second-order valence-electron chi connectivity index (χ2n) is 6.56. The molecule has 2 heterocycles. The van der Waals surface area contributed by atoms with Crippen LogP contribution in [0, 0.1) is 5.92 Å². The first-order chi connectivity index (χ1) is 11.8. The molecule has 1 N–H and O–H groups in total. The number of hydrogen-bond acceptors (Lipinski definition) is 5. The molecule has 1 amide bonds. The van der Waals surface area contributed by atoms with E-state index in [0.717, 1.165) is 0 Å². The third-order valence-corrected chi connectivity index (χ3v) is 6.10. The Labute approximate surface area is 145 Å². The highest BCUT2D eigenvalue weighted by Gasteiger charge is 2.30. The Bertz CT molecular complexity index is 936. The Morgan fingerprint density at radius 2 is 1.92 bits per heavy atom. The van der Waals surface area contributed by atoms with Crippen LogP contribution >= 0.6 is 0 Å². The fraction of sp³-hybridized carbons (Fsp3) is 0.500. The molecule has 25 heavy (non-hydrogen) atoms. The van der Waals surface area contributed by atoms with Crippen LogP contribution in [0.15, 0.2) is 32.3 Å². The molecule has 0 bridgehead atoms. The number of aromatic amines is 1. The Balaban J connectivity index is 1.74. The number of amides is 1. The van der Waals surface area contributed by atoms with Crippen molar-refractivity contribution in [3.8, 4) is 0 Å². The van der Waals surface area contributed by atoms with Gasteiger partial charge in [0.2, 0.25) is 15.9 Å². The zero-order valence-corrected chi connectivity index (χ0v) is 15.0. The van der Waals surface area contributed by atoms with Crippen LogP contribution in [-0.4, -0.2) is 54.7 Å². The second-order valence-corrected chi connectivity index (χ2v) is 8.49. The first-order valence-corrected chi connectivity index (χ1v) is 9.62. The van der Waals surface area contributed by atoms with E-state index >= 15 is 0 Å². The van der Waals surface area contributed by atoms with E-state index in [2.05, 4.69) is 4.98 Å². The summed E-state index contributed by atoms with van der Waals surface area (Å²) in [5.74, 6) is -0.290. The quantitative estimate of drug-likeness (QED) is 0.868. The number of aromatic nitrogens is 1. The standard InChI is InChI=1S/C16H21N3O5S/c1-11(2)9-15(20)18-5-7-19(8-6-18)25(22,23)12-3-4-13-14(10-12)24-16(21)17-13/h3-4,10-11H,5-9H2,1-2H3,(H,17,21). The summed E-state index contributed by atoms with van der Waals surface area (Å²) in [6, 6.07) is 4.30. The van der Waals surface area contributed by atoms with Crippen LogP contribution in [0.5, 0.6) is 0 Å². The maximum absolute atomic E-state index is 12.8. The molecule has 1 aliphatic heterocycles. The lowest BCUT2D eigenvalue weighted by Crippen LogP contribution is -2.50. The number of H-pyrrole nitrogens is 1. The van der Waals surface area contributed by atoms with E-state index in [0.29, 0.717) is 25.0 Å². The zero-order chi connectivity index (χ0) is 18.2. The van der Waals surface area contributed by atoms with Crippen molar-refractivity contribution in [2.24, 2.45) is 5.92 Å². The molecule has 0 radical (unpaired) electrons. The number of fused-ring (bicyclic) bond motifs is 1. The molecule has 1 aliphatic rings. The SMILES string of the molecule is CC(C)CC(=O)N1CCN(S(=O)(=O)c2ccc3[nH]c(=O)oc3c2)CC1. The molecule has 1 aromatic carbocycles. The number of benzene rings is 1. The molecule has 2 aromatic rings. The Hall–Kier alpha value is -2.13. The molecule has 0 spiro atoms.